The van der Waals surface area contributed by atoms with Gasteiger partial charge < -0.3 is 16.0 Å². The van der Waals surface area contributed by atoms with Gasteiger partial charge >= 0.3 is 0 Å². The summed E-state index contributed by atoms with van der Waals surface area (Å²) >= 11 is 0. The fourth-order valence-electron chi connectivity index (χ4n) is 5.10. The molecule has 3 N–H and O–H groups in total. The number of pyridine rings is 1. The van der Waals surface area contributed by atoms with E-state index < -0.39 is 0 Å². The van der Waals surface area contributed by atoms with Crippen molar-refractivity contribution >= 4 is 54.1 Å². The van der Waals surface area contributed by atoms with Crippen LogP contribution < -0.4 is 16.0 Å². The van der Waals surface area contributed by atoms with Crippen LogP contribution >= 0.6 is 9.24 Å². The van der Waals surface area contributed by atoms with Gasteiger partial charge in [0.1, 0.15) is 5.52 Å². The molecule has 6 rings (SSSR count). The number of benzene rings is 3. The highest BCUT2D eigenvalue weighted by Crippen LogP contribution is 2.28. The van der Waals surface area contributed by atoms with Gasteiger partial charge in [-0.05, 0) is 80.9 Å². The molecule has 1 amide bonds. The summed E-state index contributed by atoms with van der Waals surface area (Å²) in [4.78, 5) is 22.6. The van der Waals surface area contributed by atoms with Crippen molar-refractivity contribution in [3.63, 3.8) is 0 Å². The molecule has 1 fully saturated rings. The van der Waals surface area contributed by atoms with E-state index in [1.807, 2.05) is 77.7 Å². The molecule has 3 heterocycles. The van der Waals surface area contributed by atoms with E-state index in [1.165, 1.54) is 0 Å². The van der Waals surface area contributed by atoms with E-state index in [0.29, 0.717) is 23.5 Å². The van der Waals surface area contributed by atoms with Crippen LogP contribution in [0.2, 0.25) is 0 Å². The minimum Gasteiger partial charge on any atom is -0.398 e. The Morgan fingerprint density at radius 1 is 1.05 bits per heavy atom. The van der Waals surface area contributed by atoms with E-state index in [1.54, 1.807) is 5.81 Å². The van der Waals surface area contributed by atoms with Crippen LogP contribution in [0, 0.1) is 24.9 Å². The van der Waals surface area contributed by atoms with Crippen molar-refractivity contribution in [1.29, 1.82) is 5.26 Å². The molecule has 2 aromatic heterocycles. The summed E-state index contributed by atoms with van der Waals surface area (Å²) in [5, 5.41) is 19.2. The van der Waals surface area contributed by atoms with Crippen molar-refractivity contribution in [3.8, 4) is 5.81 Å². The average Bonchev–Trinajstić information content (AvgIpc) is 3.47. The van der Waals surface area contributed by atoms with Gasteiger partial charge in [0.2, 0.25) is 0 Å². The zero-order valence-corrected chi connectivity index (χ0v) is 24.1. The molecular formula is C30H31N8O2P. The van der Waals surface area contributed by atoms with Crippen molar-refractivity contribution in [2.24, 2.45) is 0 Å². The Bertz CT molecular complexity index is 1760. The van der Waals surface area contributed by atoms with Crippen LogP contribution in [0.3, 0.4) is 0 Å². The first kappa shape index (κ1) is 28.0. The van der Waals surface area contributed by atoms with Crippen LogP contribution in [0.15, 0.2) is 65.3 Å². The fraction of sp³-hybridized carbons (Fsp3) is 0.233. The third kappa shape index (κ3) is 5.97. The highest BCUT2D eigenvalue weighted by atomic mass is 31.0. The maximum atomic E-state index is 13.3. The zero-order chi connectivity index (χ0) is 28.9. The Hall–Kier alpha value is -4.58. The minimum absolute atomic E-state index is 0.140. The number of hydrogen-bond acceptors (Lipinski definition) is 9. The first-order valence-electron chi connectivity index (χ1n) is 13.2. The van der Waals surface area contributed by atoms with Crippen LogP contribution in [-0.2, 0) is 6.54 Å². The number of nitrogens with two attached hydrogens (primary N) is 1. The number of fused-ring (bicyclic) bond motifs is 2. The lowest BCUT2D eigenvalue weighted by molar-refractivity contribution is 0.102. The number of carbonyl (C=O) groups excluding carboxylic acids is 1. The molecule has 1 aliphatic heterocycles. The number of carbonyl (C=O) groups is 1. The Balaban J connectivity index is 0.00000108. The third-order valence-corrected chi connectivity index (χ3v) is 7.41. The van der Waals surface area contributed by atoms with Crippen LogP contribution in [0.4, 0.5) is 17.1 Å². The molecule has 208 valence electrons. The molecule has 10 nitrogen and oxygen atoms in total. The number of hydrogen-bond donors (Lipinski definition) is 2. The number of nitrogens with zero attached hydrogens (tertiary/aromatic N) is 6. The maximum absolute atomic E-state index is 13.3. The first-order chi connectivity index (χ1) is 19.9. The summed E-state index contributed by atoms with van der Waals surface area (Å²) in [5.41, 5.74) is 14.7. The van der Waals surface area contributed by atoms with E-state index in [2.05, 4.69) is 36.5 Å². The molecule has 3 aromatic carbocycles. The maximum Gasteiger partial charge on any atom is 0.255 e. The summed E-state index contributed by atoms with van der Waals surface area (Å²) in [6.07, 6.45) is 0. The number of nitrogens with one attached hydrogen (secondary N) is 1. The van der Waals surface area contributed by atoms with Crippen molar-refractivity contribution in [1.82, 2.24) is 20.2 Å². The SMILES string of the molecule is Cc1nc2ccc(NC(=O)c3ccccc3CN3CCN(c4cccc5nonc45)CC3)cc2c(N)c1C.N#CP. The molecule has 11 heteroatoms. The molecule has 0 radical (unpaired) electrons. The molecule has 5 aromatic rings. The molecule has 1 unspecified atom stereocenters. The molecule has 1 aliphatic rings. The number of aryl methyl sites for hydroxylation is 1. The Morgan fingerprint density at radius 2 is 1.80 bits per heavy atom. The molecule has 0 spiro atoms. The van der Waals surface area contributed by atoms with Gasteiger partial charge in [0.25, 0.3) is 5.91 Å². The van der Waals surface area contributed by atoms with Crippen molar-refractivity contribution in [3.05, 3.63) is 83.0 Å². The molecule has 0 bridgehead atoms. The smallest absolute Gasteiger partial charge is 0.255 e. The number of amides is 1. The van der Waals surface area contributed by atoms with E-state index in [4.69, 9.17) is 15.6 Å². The number of nitrogen functional groups attached to an aromatic ring is 1. The van der Waals surface area contributed by atoms with Gasteiger partial charge in [0.15, 0.2) is 5.52 Å². The predicted molar refractivity (Wildman–Crippen MR) is 165 cm³/mol. The van der Waals surface area contributed by atoms with Gasteiger partial charge in [-0.1, -0.05) is 24.3 Å². The second kappa shape index (κ2) is 12.3. The number of aromatic nitrogens is 3. The van der Waals surface area contributed by atoms with E-state index in [9.17, 15) is 4.79 Å². The average molecular weight is 567 g/mol. The topological polar surface area (TPSA) is 137 Å². The van der Waals surface area contributed by atoms with Gasteiger partial charge in [-0.2, -0.15) is 5.26 Å². The lowest BCUT2D eigenvalue weighted by Gasteiger charge is -2.36. The predicted octanol–water partition coefficient (Wildman–Crippen LogP) is 4.89. The molecule has 41 heavy (non-hydrogen) atoms. The normalized spacial score (nSPS) is 13.5. The summed E-state index contributed by atoms with van der Waals surface area (Å²) < 4.78 is 4.93. The third-order valence-electron chi connectivity index (χ3n) is 7.41. The first-order valence-corrected chi connectivity index (χ1v) is 13.8. The number of nitriles is 1. The number of rotatable bonds is 5. The van der Waals surface area contributed by atoms with Crippen molar-refractivity contribution < 1.29 is 9.42 Å². The highest BCUT2D eigenvalue weighted by Gasteiger charge is 2.22. The quantitative estimate of drug-likeness (QED) is 0.285. The van der Waals surface area contributed by atoms with Crippen LogP contribution in [0.5, 0.6) is 0 Å². The minimum atomic E-state index is -0.140. The summed E-state index contributed by atoms with van der Waals surface area (Å²) in [6, 6.07) is 19.4. The Morgan fingerprint density at radius 3 is 2.59 bits per heavy atom. The van der Waals surface area contributed by atoms with Gasteiger partial charge in [0, 0.05) is 60.7 Å². The van der Waals surface area contributed by atoms with Crippen LogP contribution in [0.25, 0.3) is 21.9 Å². The van der Waals surface area contributed by atoms with Crippen LogP contribution in [-0.4, -0.2) is 52.3 Å². The van der Waals surface area contributed by atoms with Gasteiger partial charge in [-0.3, -0.25) is 14.7 Å². The summed E-state index contributed by atoms with van der Waals surface area (Å²) in [7, 11) is 1.88. The lowest BCUT2D eigenvalue weighted by atomic mass is 10.0. The van der Waals surface area contributed by atoms with Crippen LogP contribution in [0.1, 0.15) is 27.2 Å². The molecule has 1 saturated heterocycles. The van der Waals surface area contributed by atoms with Gasteiger partial charge in [0.05, 0.1) is 17.0 Å². The number of anilines is 3. The Labute approximate surface area is 240 Å². The fourth-order valence-corrected chi connectivity index (χ4v) is 5.10. The zero-order valence-electron chi connectivity index (χ0n) is 23.0. The second-order valence-corrected chi connectivity index (χ2v) is 10.1. The van der Waals surface area contributed by atoms with Crippen molar-refractivity contribution in [2.45, 2.75) is 20.4 Å². The molecule has 1 atom stereocenters. The second-order valence-electron chi connectivity index (χ2n) is 9.88. The van der Waals surface area contributed by atoms with Gasteiger partial charge in [-0.15, -0.1) is 0 Å². The van der Waals surface area contributed by atoms with Gasteiger partial charge in [-0.25, -0.2) is 4.63 Å². The standard InChI is InChI=1S/C29H29N7O2.CH2NP/c1-18-19(2)31-24-11-10-21(16-23(24)27(18)30)32-29(37)22-7-4-3-6-20(22)17-35-12-14-36(15-13-35)26-9-5-8-25-28(26)34-38-33-25;2-1-3/h3-11,16H,12-15,17H2,1-2H3,(H2,30,31)(H,32,37);3H2. The van der Waals surface area contributed by atoms with Crippen molar-refractivity contribution in [2.75, 3.05) is 42.1 Å². The monoisotopic (exact) mass is 566 g/mol. The Kier molecular flexibility index (Phi) is 8.39. The highest BCUT2D eigenvalue weighted by molar-refractivity contribution is 7.23. The summed E-state index contributed by atoms with van der Waals surface area (Å²) in [6.45, 7) is 8.05. The molecule has 0 saturated carbocycles. The van der Waals surface area contributed by atoms with E-state index >= 15 is 0 Å². The molecular weight excluding hydrogens is 535 g/mol. The summed E-state index contributed by atoms with van der Waals surface area (Å²) in [5.74, 6) is 1.53. The number of piperazine rings is 1. The lowest BCUT2D eigenvalue weighted by Crippen LogP contribution is -2.46. The van der Waals surface area contributed by atoms with E-state index in [0.717, 1.165) is 70.6 Å². The van der Waals surface area contributed by atoms with E-state index in [-0.39, 0.29) is 5.91 Å². The molecule has 0 aliphatic carbocycles. The largest absolute Gasteiger partial charge is 0.398 e.